The van der Waals surface area contributed by atoms with E-state index in [1.165, 1.54) is 11.1 Å². The SMILES string of the molecule is CCSC1=C(C#N)[C@H](c2ccccc2)[C@H](c2ccccc2)CN1. The molecule has 1 N–H and O–H groups in total. The van der Waals surface area contributed by atoms with Crippen molar-refractivity contribution in [3.05, 3.63) is 82.4 Å². The molecule has 1 aliphatic rings. The minimum atomic E-state index is 0.110. The average Bonchev–Trinajstić information content (AvgIpc) is 2.63. The molecule has 3 heteroatoms. The topological polar surface area (TPSA) is 35.8 Å². The molecule has 0 unspecified atom stereocenters. The predicted octanol–water partition coefficient (Wildman–Crippen LogP) is 4.65. The average molecular weight is 320 g/mol. The minimum Gasteiger partial charge on any atom is -0.378 e. The number of allylic oxidation sites excluding steroid dienone is 1. The summed E-state index contributed by atoms with van der Waals surface area (Å²) in [5.74, 6) is 1.35. The van der Waals surface area contributed by atoms with E-state index in [4.69, 9.17) is 0 Å². The Morgan fingerprint density at radius 2 is 1.65 bits per heavy atom. The van der Waals surface area contributed by atoms with E-state index in [2.05, 4.69) is 66.8 Å². The molecule has 0 aliphatic carbocycles. The third-order valence-corrected chi connectivity index (χ3v) is 5.18. The maximum absolute atomic E-state index is 9.82. The standard InChI is InChI=1S/C20H20N2S/c1-2-23-20-17(13-21)19(16-11-7-4-8-12-16)18(14-22-20)15-9-5-3-6-10-15/h3-12,18-19,22H,2,14H2,1H3/t18-,19-/m0/s1. The van der Waals surface area contributed by atoms with Crippen molar-refractivity contribution in [3.63, 3.8) is 0 Å². The van der Waals surface area contributed by atoms with E-state index in [-0.39, 0.29) is 11.8 Å². The van der Waals surface area contributed by atoms with Crippen LogP contribution in [0.25, 0.3) is 0 Å². The maximum Gasteiger partial charge on any atom is 0.0981 e. The summed E-state index contributed by atoms with van der Waals surface area (Å²) in [6.07, 6.45) is 0. The molecule has 2 atom stereocenters. The highest BCUT2D eigenvalue weighted by molar-refractivity contribution is 8.03. The molecule has 2 nitrogen and oxygen atoms in total. The van der Waals surface area contributed by atoms with E-state index in [9.17, 15) is 5.26 Å². The Bertz CT molecular complexity index is 716. The predicted molar refractivity (Wildman–Crippen MR) is 97.1 cm³/mol. The highest BCUT2D eigenvalue weighted by Crippen LogP contribution is 2.43. The lowest BCUT2D eigenvalue weighted by Crippen LogP contribution is -2.32. The first kappa shape index (κ1) is 15.7. The van der Waals surface area contributed by atoms with Gasteiger partial charge in [0.15, 0.2) is 0 Å². The number of thioether (sulfide) groups is 1. The summed E-state index contributed by atoms with van der Waals surface area (Å²) in [5.41, 5.74) is 3.36. The van der Waals surface area contributed by atoms with Gasteiger partial charge in [0, 0.05) is 18.4 Å². The van der Waals surface area contributed by atoms with Crippen LogP contribution in [0.2, 0.25) is 0 Å². The molecule has 1 heterocycles. The number of nitrogens with zero attached hydrogens (tertiary/aromatic N) is 1. The fourth-order valence-electron chi connectivity index (χ4n) is 3.22. The van der Waals surface area contributed by atoms with Gasteiger partial charge in [0.05, 0.1) is 16.7 Å². The summed E-state index contributed by atoms with van der Waals surface area (Å²) in [7, 11) is 0. The number of hydrogen-bond acceptors (Lipinski definition) is 3. The molecule has 2 aromatic rings. The normalized spacial score (nSPS) is 20.7. The van der Waals surface area contributed by atoms with Gasteiger partial charge < -0.3 is 5.32 Å². The summed E-state index contributed by atoms with van der Waals surface area (Å²) in [6, 6.07) is 23.4. The van der Waals surface area contributed by atoms with Crippen molar-refractivity contribution >= 4 is 11.8 Å². The molecule has 0 aromatic heterocycles. The zero-order chi connectivity index (χ0) is 16.1. The van der Waals surface area contributed by atoms with Gasteiger partial charge in [-0.1, -0.05) is 67.6 Å². The Morgan fingerprint density at radius 1 is 1.04 bits per heavy atom. The van der Waals surface area contributed by atoms with Crippen molar-refractivity contribution in [2.75, 3.05) is 12.3 Å². The van der Waals surface area contributed by atoms with Gasteiger partial charge >= 0.3 is 0 Å². The first-order valence-electron chi connectivity index (χ1n) is 7.96. The molecule has 116 valence electrons. The Kier molecular flexibility index (Phi) is 5.05. The van der Waals surface area contributed by atoms with Crippen LogP contribution < -0.4 is 5.32 Å². The van der Waals surface area contributed by atoms with Gasteiger partial charge in [0.1, 0.15) is 0 Å². The fourth-order valence-corrected chi connectivity index (χ4v) is 4.02. The van der Waals surface area contributed by atoms with Crippen molar-refractivity contribution in [3.8, 4) is 6.07 Å². The van der Waals surface area contributed by atoms with Gasteiger partial charge in [-0.3, -0.25) is 0 Å². The first-order valence-corrected chi connectivity index (χ1v) is 8.94. The van der Waals surface area contributed by atoms with Crippen molar-refractivity contribution in [1.82, 2.24) is 5.32 Å². The molecule has 2 aromatic carbocycles. The molecule has 23 heavy (non-hydrogen) atoms. The van der Waals surface area contributed by atoms with Crippen molar-refractivity contribution in [2.24, 2.45) is 0 Å². The zero-order valence-electron chi connectivity index (χ0n) is 13.2. The number of hydrogen-bond donors (Lipinski definition) is 1. The zero-order valence-corrected chi connectivity index (χ0v) is 14.0. The number of nitrogens with one attached hydrogen (secondary N) is 1. The minimum absolute atomic E-state index is 0.110. The lowest BCUT2D eigenvalue weighted by atomic mass is 9.76. The Balaban J connectivity index is 2.10. The maximum atomic E-state index is 9.82. The lowest BCUT2D eigenvalue weighted by Gasteiger charge is -2.34. The van der Waals surface area contributed by atoms with Gasteiger partial charge in [-0.2, -0.15) is 5.26 Å². The molecule has 0 saturated heterocycles. The number of benzene rings is 2. The largest absolute Gasteiger partial charge is 0.378 e. The van der Waals surface area contributed by atoms with Crippen LogP contribution in [0.1, 0.15) is 29.9 Å². The molecular weight excluding hydrogens is 300 g/mol. The summed E-state index contributed by atoms with van der Waals surface area (Å²) in [6.45, 7) is 2.98. The lowest BCUT2D eigenvalue weighted by molar-refractivity contribution is 0.543. The smallest absolute Gasteiger partial charge is 0.0981 e. The molecule has 0 spiro atoms. The molecule has 0 saturated carbocycles. The first-order chi connectivity index (χ1) is 11.3. The summed E-state index contributed by atoms with van der Waals surface area (Å²) < 4.78 is 0. The van der Waals surface area contributed by atoms with Gasteiger partial charge in [0.25, 0.3) is 0 Å². The quantitative estimate of drug-likeness (QED) is 0.891. The molecule has 0 bridgehead atoms. The van der Waals surface area contributed by atoms with Crippen LogP contribution in [-0.4, -0.2) is 12.3 Å². The highest BCUT2D eigenvalue weighted by Gasteiger charge is 2.34. The van der Waals surface area contributed by atoms with Gasteiger partial charge in [0.2, 0.25) is 0 Å². The van der Waals surface area contributed by atoms with E-state index in [1.807, 2.05) is 12.1 Å². The van der Waals surface area contributed by atoms with Gasteiger partial charge in [-0.25, -0.2) is 0 Å². The van der Waals surface area contributed by atoms with Gasteiger partial charge in [-0.15, -0.1) is 11.8 Å². The summed E-state index contributed by atoms with van der Waals surface area (Å²) in [4.78, 5) is 0. The van der Waals surface area contributed by atoms with E-state index in [0.717, 1.165) is 22.9 Å². The van der Waals surface area contributed by atoms with Gasteiger partial charge in [-0.05, 0) is 16.9 Å². The van der Waals surface area contributed by atoms with Crippen molar-refractivity contribution < 1.29 is 0 Å². The molecular formula is C20H20N2S. The van der Waals surface area contributed by atoms with E-state index >= 15 is 0 Å². The second-order valence-corrected chi connectivity index (χ2v) is 6.85. The van der Waals surface area contributed by atoms with Crippen LogP contribution in [0.15, 0.2) is 71.3 Å². The van der Waals surface area contributed by atoms with Crippen LogP contribution in [0.3, 0.4) is 0 Å². The summed E-state index contributed by atoms with van der Waals surface area (Å²) in [5, 5.41) is 14.4. The van der Waals surface area contributed by atoms with Crippen molar-refractivity contribution in [2.45, 2.75) is 18.8 Å². The second kappa shape index (κ2) is 7.39. The van der Waals surface area contributed by atoms with Crippen LogP contribution in [0.5, 0.6) is 0 Å². The van der Waals surface area contributed by atoms with Crippen molar-refractivity contribution in [1.29, 1.82) is 5.26 Å². The number of nitriles is 1. The Hall–Kier alpha value is -2.18. The van der Waals surface area contributed by atoms with E-state index in [0.29, 0.717) is 0 Å². The molecule has 0 amide bonds. The highest BCUT2D eigenvalue weighted by atomic mass is 32.2. The summed E-state index contributed by atoms with van der Waals surface area (Å²) >= 11 is 1.73. The molecule has 1 aliphatic heterocycles. The van der Waals surface area contributed by atoms with Crippen LogP contribution in [0.4, 0.5) is 0 Å². The fraction of sp³-hybridized carbons (Fsp3) is 0.250. The third kappa shape index (κ3) is 3.28. The second-order valence-electron chi connectivity index (χ2n) is 5.57. The third-order valence-electron chi connectivity index (χ3n) is 4.24. The van der Waals surface area contributed by atoms with E-state index in [1.54, 1.807) is 11.8 Å². The van der Waals surface area contributed by atoms with Crippen LogP contribution >= 0.6 is 11.8 Å². The van der Waals surface area contributed by atoms with Crippen LogP contribution in [-0.2, 0) is 0 Å². The Labute approximate surface area is 142 Å². The van der Waals surface area contributed by atoms with E-state index < -0.39 is 0 Å². The van der Waals surface area contributed by atoms with Crippen LogP contribution in [0, 0.1) is 11.3 Å². The number of rotatable bonds is 4. The monoisotopic (exact) mass is 320 g/mol. The molecule has 0 fully saturated rings. The molecule has 3 rings (SSSR count). The Morgan fingerprint density at radius 3 is 2.22 bits per heavy atom. The molecule has 0 radical (unpaired) electrons.